The normalized spacial score (nSPS) is 12.0. The summed E-state index contributed by atoms with van der Waals surface area (Å²) in [6.07, 6.45) is 0. The van der Waals surface area contributed by atoms with Crippen molar-refractivity contribution >= 4 is 134 Å². The molecule has 0 amide bonds. The van der Waals surface area contributed by atoms with Gasteiger partial charge in [-0.1, -0.05) is 291 Å². The lowest BCUT2D eigenvalue weighted by atomic mass is 9.95. The lowest BCUT2D eigenvalue weighted by Gasteiger charge is -2.20. The van der Waals surface area contributed by atoms with Gasteiger partial charge in [0.05, 0.1) is 33.1 Å². The average Bonchev–Trinajstić information content (AvgIpc) is 1.51. The molecule has 6 nitrogen and oxygen atoms in total. The molecule has 462 valence electrons. The molecule has 0 aliphatic heterocycles. The molecular weight excluding hydrogens is 1230 g/mol. The van der Waals surface area contributed by atoms with E-state index in [9.17, 15) is 9.13 Å². The lowest BCUT2D eigenvalue weighted by molar-refractivity contribution is 0.591. The Hall–Kier alpha value is -12.0. The zero-order valence-corrected chi connectivity index (χ0v) is 54.9. The van der Waals surface area contributed by atoms with Crippen LogP contribution in [0.25, 0.3) is 132 Å². The van der Waals surface area contributed by atoms with Gasteiger partial charge >= 0.3 is 0 Å². The minimum Gasteiger partial charge on any atom is -0.309 e. The Morgan fingerprint density at radius 3 is 0.980 bits per heavy atom. The van der Waals surface area contributed by atoms with E-state index >= 15 is 0 Å². The maximum atomic E-state index is 15.0. The van der Waals surface area contributed by atoms with Crippen molar-refractivity contribution in [3.63, 3.8) is 0 Å². The average molecular weight is 1290 g/mol. The number of pyridine rings is 2. The molecule has 4 heterocycles. The third-order valence-electron chi connectivity index (χ3n) is 19.5. The Bertz CT molecular complexity index is 6340. The summed E-state index contributed by atoms with van der Waals surface area (Å²) in [5.41, 5.74) is 17.5. The summed E-state index contributed by atoms with van der Waals surface area (Å²) < 4.78 is 34.4. The quantitative estimate of drug-likeness (QED) is 0.101. The van der Waals surface area contributed by atoms with Crippen LogP contribution in [0.5, 0.6) is 0 Å². The third-order valence-corrected chi connectivity index (χ3v) is 25.6. The largest absolute Gasteiger partial charge is 0.309 e. The number of benzene rings is 15. The van der Waals surface area contributed by atoms with Crippen LogP contribution in [0.2, 0.25) is 0 Å². The molecule has 0 aliphatic rings. The molecule has 0 N–H and O–H groups in total. The summed E-state index contributed by atoms with van der Waals surface area (Å²) in [7, 11) is -6.08. The fraction of sp³-hybridized carbons (Fsp3) is 0. The summed E-state index contributed by atoms with van der Waals surface area (Å²) in [5.74, 6) is 0. The highest BCUT2D eigenvalue weighted by atomic mass is 31.2. The molecule has 0 saturated heterocycles. The van der Waals surface area contributed by atoms with E-state index in [-0.39, 0.29) is 0 Å². The van der Waals surface area contributed by atoms with Crippen LogP contribution in [0, 0.1) is 0 Å². The van der Waals surface area contributed by atoms with E-state index in [1.54, 1.807) is 0 Å². The summed E-state index contributed by atoms with van der Waals surface area (Å²) in [6.45, 7) is 0. The van der Waals surface area contributed by atoms with Crippen LogP contribution in [-0.2, 0) is 9.13 Å². The third kappa shape index (κ3) is 9.87. The van der Waals surface area contributed by atoms with Gasteiger partial charge in [-0.15, -0.1) is 0 Å². The van der Waals surface area contributed by atoms with Crippen molar-refractivity contribution in [2.75, 3.05) is 0 Å². The second-order valence-electron chi connectivity index (χ2n) is 25.1. The van der Waals surface area contributed by atoms with Gasteiger partial charge < -0.3 is 9.13 Å². The smallest absolute Gasteiger partial charge is 0.171 e. The van der Waals surface area contributed by atoms with Gasteiger partial charge in [0.2, 0.25) is 0 Å². The number of hydrogen-bond donors (Lipinski definition) is 0. The molecule has 0 aliphatic carbocycles. The molecule has 98 heavy (non-hydrogen) atoms. The highest BCUT2D eigenvalue weighted by molar-refractivity contribution is 7.85. The molecule has 0 saturated carbocycles. The second-order valence-corrected chi connectivity index (χ2v) is 30.6. The fourth-order valence-electron chi connectivity index (χ4n) is 14.7. The number of rotatable bonds is 10. The molecule has 19 rings (SSSR count). The number of fused-ring (bicyclic) bond motifs is 17. The van der Waals surface area contributed by atoms with E-state index in [2.05, 4.69) is 227 Å². The first-order valence-electron chi connectivity index (χ1n) is 33.1. The number of hydrogen-bond acceptors (Lipinski definition) is 4. The van der Waals surface area contributed by atoms with Gasteiger partial charge in [-0.3, -0.25) is 8.80 Å². The van der Waals surface area contributed by atoms with Crippen LogP contribution < -0.4 is 31.8 Å². The molecule has 0 radical (unpaired) electrons. The molecule has 0 atom stereocenters. The first-order valence-corrected chi connectivity index (χ1v) is 36.5. The van der Waals surface area contributed by atoms with Crippen LogP contribution in [-0.4, -0.2) is 18.8 Å². The topological polar surface area (TPSA) is 68.7 Å². The van der Waals surface area contributed by atoms with E-state index in [0.29, 0.717) is 0 Å². The maximum absolute atomic E-state index is 15.0. The summed E-state index contributed by atoms with van der Waals surface area (Å²) in [6, 6.07) is 125. The van der Waals surface area contributed by atoms with Crippen LogP contribution >= 0.6 is 14.3 Å². The van der Waals surface area contributed by atoms with Crippen LogP contribution in [0.3, 0.4) is 0 Å². The van der Waals surface area contributed by atoms with E-state index in [4.69, 9.17) is 9.97 Å². The minimum atomic E-state index is -3.05. The Labute approximate surface area is 566 Å². The standard InChI is InChI=1S/C47H31N2OP.C43H29N2OP/c50-51(38-14-3-1-4-15-38,39-16-5-2-6-17-39)40-26-24-35-29-34(22-23-36(35)30-40)32-12-11-13-33(28-32)37-25-27-41-42-18-7-9-20-45(42)49-46-21-10-8-19-44(46)48-47(49)43(41)31-37;46-47(34-14-3-1-4-15-34,35-16-5-2-6-17-35)36-25-22-30(23-26-36)31-12-11-13-32(28-31)33-24-27-37-38-18-7-9-20-41(38)45-42-21-10-8-19-40(42)44-43(45)39(37)29-33/h1-31H;1-29H. The van der Waals surface area contributed by atoms with E-state index in [0.717, 1.165) is 142 Å². The van der Waals surface area contributed by atoms with Gasteiger partial charge in [0.25, 0.3) is 0 Å². The summed E-state index contributed by atoms with van der Waals surface area (Å²) in [4.78, 5) is 10.2. The van der Waals surface area contributed by atoms with Crippen LogP contribution in [0.4, 0.5) is 0 Å². The van der Waals surface area contributed by atoms with Gasteiger partial charge in [0.15, 0.2) is 14.3 Å². The monoisotopic (exact) mass is 1290 g/mol. The predicted octanol–water partition coefficient (Wildman–Crippen LogP) is 20.7. The summed E-state index contributed by atoms with van der Waals surface area (Å²) >= 11 is 0. The molecule has 0 bridgehead atoms. The Kier molecular flexibility index (Phi) is 14.3. The van der Waals surface area contributed by atoms with E-state index in [1.165, 1.54) is 21.5 Å². The van der Waals surface area contributed by atoms with Gasteiger partial charge in [0, 0.05) is 53.4 Å². The molecule has 4 aromatic heterocycles. The minimum absolute atomic E-state index is 0.827. The molecule has 0 spiro atoms. The van der Waals surface area contributed by atoms with Crippen molar-refractivity contribution in [3.05, 3.63) is 364 Å². The maximum Gasteiger partial charge on any atom is 0.171 e. The fourth-order valence-corrected chi connectivity index (χ4v) is 20.0. The zero-order valence-electron chi connectivity index (χ0n) is 53.1. The van der Waals surface area contributed by atoms with Crippen molar-refractivity contribution in [3.8, 4) is 44.5 Å². The molecule has 8 heteroatoms. The lowest BCUT2D eigenvalue weighted by Crippen LogP contribution is -2.24. The van der Waals surface area contributed by atoms with Gasteiger partial charge in [0.1, 0.15) is 11.3 Å². The second kappa shape index (κ2) is 24.0. The molecular formula is C90H60N4O2P2. The van der Waals surface area contributed by atoms with Crippen molar-refractivity contribution in [1.29, 1.82) is 0 Å². The molecule has 19 aromatic rings. The van der Waals surface area contributed by atoms with Crippen molar-refractivity contribution in [2.24, 2.45) is 0 Å². The highest BCUT2D eigenvalue weighted by Gasteiger charge is 2.31. The predicted molar refractivity (Wildman–Crippen MR) is 413 cm³/mol. The molecule has 0 unspecified atom stereocenters. The number of imidazole rings is 2. The molecule has 0 fully saturated rings. The highest BCUT2D eigenvalue weighted by Crippen LogP contribution is 2.45. The van der Waals surface area contributed by atoms with Crippen molar-refractivity contribution < 1.29 is 9.13 Å². The van der Waals surface area contributed by atoms with E-state index < -0.39 is 14.3 Å². The van der Waals surface area contributed by atoms with Gasteiger partial charge in [-0.2, -0.15) is 0 Å². The first-order chi connectivity index (χ1) is 48.3. The SMILES string of the molecule is O=P(c1ccccc1)(c1ccccc1)c1ccc(-c2cccc(-c3ccc4c5ccccc5n5c6ccccc6nc5c4c3)c2)cc1.O=P(c1ccccc1)(c1ccccc1)c1ccc2cc(-c3cccc(-c4ccc5c6ccccc6n6c7ccccc7nc6c5c4)c3)ccc2c1. The Morgan fingerprint density at radius 2 is 0.520 bits per heavy atom. The van der Waals surface area contributed by atoms with Crippen LogP contribution in [0.15, 0.2) is 364 Å². The summed E-state index contributed by atoms with van der Waals surface area (Å²) in [5, 5.41) is 14.3. The first kappa shape index (κ1) is 58.5. The van der Waals surface area contributed by atoms with Gasteiger partial charge in [-0.25, -0.2) is 9.97 Å². The number of aromatic nitrogens is 4. The Balaban J connectivity index is 0.000000143. The number of nitrogens with zero attached hydrogens (tertiary/aromatic N) is 4. The van der Waals surface area contributed by atoms with E-state index in [1.807, 2.05) is 146 Å². The van der Waals surface area contributed by atoms with Crippen molar-refractivity contribution in [2.45, 2.75) is 0 Å². The zero-order chi connectivity index (χ0) is 65.3. The number of para-hydroxylation sites is 6. The van der Waals surface area contributed by atoms with Gasteiger partial charge in [-0.05, 0) is 139 Å². The van der Waals surface area contributed by atoms with Crippen molar-refractivity contribution in [1.82, 2.24) is 18.8 Å². The van der Waals surface area contributed by atoms with Crippen LogP contribution in [0.1, 0.15) is 0 Å². The Morgan fingerprint density at radius 1 is 0.204 bits per heavy atom. The molecule has 15 aromatic carbocycles.